The Morgan fingerprint density at radius 1 is 1.42 bits per heavy atom. The van der Waals surface area contributed by atoms with Gasteiger partial charge in [0, 0.05) is 5.41 Å². The van der Waals surface area contributed by atoms with Crippen molar-refractivity contribution in [2.45, 2.75) is 39.2 Å². The van der Waals surface area contributed by atoms with Gasteiger partial charge in [-0.1, -0.05) is 13.8 Å². The quantitative estimate of drug-likeness (QED) is 0.620. The van der Waals surface area contributed by atoms with Crippen molar-refractivity contribution in [3.63, 3.8) is 0 Å². The molecule has 0 aromatic heterocycles. The van der Waals surface area contributed by atoms with Crippen LogP contribution in [0.5, 0.6) is 0 Å². The molecule has 0 heterocycles. The molecule has 3 atom stereocenters. The van der Waals surface area contributed by atoms with Gasteiger partial charge in [0.15, 0.2) is 0 Å². The summed E-state index contributed by atoms with van der Waals surface area (Å²) in [5.74, 6) is 0.625. The van der Waals surface area contributed by atoms with Crippen molar-refractivity contribution in [3.05, 3.63) is 0 Å². The number of aliphatic hydroxyl groups is 2. The molecule has 2 saturated carbocycles. The molecule has 2 bridgehead atoms. The lowest BCUT2D eigenvalue weighted by Crippen LogP contribution is -2.41. The summed E-state index contributed by atoms with van der Waals surface area (Å²) in [6, 6.07) is 0. The number of hydrogen-bond donors (Lipinski definition) is 2. The van der Waals surface area contributed by atoms with Crippen molar-refractivity contribution in [1.82, 2.24) is 0 Å². The number of rotatable bonds is 1. The van der Waals surface area contributed by atoms with Crippen molar-refractivity contribution < 1.29 is 10.2 Å². The lowest BCUT2D eigenvalue weighted by molar-refractivity contribution is -0.0446. The van der Waals surface area contributed by atoms with E-state index >= 15 is 0 Å². The smallest absolute Gasteiger partial charge is 0.0626 e. The van der Waals surface area contributed by atoms with Gasteiger partial charge in [-0.2, -0.15) is 0 Å². The van der Waals surface area contributed by atoms with E-state index in [-0.39, 0.29) is 23.5 Å². The summed E-state index contributed by atoms with van der Waals surface area (Å²) in [6.45, 7) is 4.53. The highest BCUT2D eigenvalue weighted by Crippen LogP contribution is 2.65. The third-order valence-electron chi connectivity index (χ3n) is 4.67. The van der Waals surface area contributed by atoms with Crippen LogP contribution >= 0.6 is 0 Å². The zero-order valence-electron chi connectivity index (χ0n) is 7.88. The van der Waals surface area contributed by atoms with Crippen LogP contribution in [0, 0.1) is 16.7 Å². The molecule has 0 radical (unpaired) electrons. The minimum atomic E-state index is -0.267. The zero-order chi connectivity index (χ0) is 8.98. The first-order valence-corrected chi connectivity index (χ1v) is 4.83. The van der Waals surface area contributed by atoms with E-state index in [0.717, 1.165) is 12.8 Å². The molecule has 0 amide bonds. The summed E-state index contributed by atoms with van der Waals surface area (Å²) >= 11 is 0. The molecule has 2 rings (SSSR count). The van der Waals surface area contributed by atoms with Gasteiger partial charge in [0.25, 0.3) is 0 Å². The van der Waals surface area contributed by atoms with Gasteiger partial charge in [-0.05, 0) is 30.6 Å². The molecule has 0 aromatic rings. The van der Waals surface area contributed by atoms with Crippen molar-refractivity contribution in [3.8, 4) is 0 Å². The molecular weight excluding hydrogens is 152 g/mol. The Morgan fingerprint density at radius 3 is 2.33 bits per heavy atom. The van der Waals surface area contributed by atoms with Crippen LogP contribution in [-0.4, -0.2) is 22.9 Å². The van der Waals surface area contributed by atoms with E-state index in [0.29, 0.717) is 5.92 Å². The van der Waals surface area contributed by atoms with Crippen LogP contribution in [0.1, 0.15) is 33.1 Å². The first-order valence-electron chi connectivity index (χ1n) is 4.83. The zero-order valence-corrected chi connectivity index (χ0v) is 7.88. The third-order valence-corrected chi connectivity index (χ3v) is 4.67. The largest absolute Gasteiger partial charge is 0.396 e. The number of fused-ring (bicyclic) bond motifs is 2. The van der Waals surface area contributed by atoms with Gasteiger partial charge in [-0.3, -0.25) is 0 Å². The van der Waals surface area contributed by atoms with Gasteiger partial charge in [0.05, 0.1) is 12.7 Å². The second-order valence-corrected chi connectivity index (χ2v) is 5.02. The fourth-order valence-electron chi connectivity index (χ4n) is 3.41. The monoisotopic (exact) mass is 170 g/mol. The summed E-state index contributed by atoms with van der Waals surface area (Å²) < 4.78 is 0. The highest BCUT2D eigenvalue weighted by molar-refractivity contribution is 5.12. The maximum absolute atomic E-state index is 9.85. The standard InChI is InChI=1S/C10H18O2/c1-9(2)7-3-4-10(9,6-11)8(12)5-7/h7-8,11-12H,3-6H2,1-2H3/t7-,8-,10+/m0/s1. The Hall–Kier alpha value is -0.0800. The topological polar surface area (TPSA) is 40.5 Å². The van der Waals surface area contributed by atoms with E-state index in [2.05, 4.69) is 13.8 Å². The van der Waals surface area contributed by atoms with Crippen LogP contribution in [0.4, 0.5) is 0 Å². The normalized spacial score (nSPS) is 50.0. The van der Waals surface area contributed by atoms with Gasteiger partial charge in [0.2, 0.25) is 0 Å². The van der Waals surface area contributed by atoms with E-state index in [9.17, 15) is 10.2 Å². The van der Waals surface area contributed by atoms with Gasteiger partial charge in [-0.25, -0.2) is 0 Å². The summed E-state index contributed by atoms with van der Waals surface area (Å²) in [6.07, 6.45) is 2.82. The molecule has 12 heavy (non-hydrogen) atoms. The van der Waals surface area contributed by atoms with Gasteiger partial charge in [-0.15, -0.1) is 0 Å². The maximum atomic E-state index is 9.85. The van der Waals surface area contributed by atoms with Crippen molar-refractivity contribution in [2.24, 2.45) is 16.7 Å². The van der Waals surface area contributed by atoms with Crippen molar-refractivity contribution in [1.29, 1.82) is 0 Å². The van der Waals surface area contributed by atoms with Gasteiger partial charge < -0.3 is 10.2 Å². The molecule has 0 aliphatic heterocycles. The van der Waals surface area contributed by atoms with Crippen molar-refractivity contribution in [2.75, 3.05) is 6.61 Å². The first kappa shape index (κ1) is 8.52. The first-order chi connectivity index (χ1) is 5.54. The molecule has 2 aliphatic carbocycles. The Morgan fingerprint density at radius 2 is 2.08 bits per heavy atom. The lowest BCUT2D eigenvalue weighted by atomic mass is 9.69. The molecule has 2 heteroatoms. The lowest BCUT2D eigenvalue weighted by Gasteiger charge is -2.38. The number of hydrogen-bond acceptors (Lipinski definition) is 2. The van der Waals surface area contributed by atoms with E-state index < -0.39 is 0 Å². The minimum absolute atomic E-state index is 0.140. The summed E-state index contributed by atoms with van der Waals surface area (Å²) in [4.78, 5) is 0. The molecule has 0 unspecified atom stereocenters. The Bertz CT molecular complexity index is 200. The summed E-state index contributed by atoms with van der Waals surface area (Å²) in [7, 11) is 0. The molecular formula is C10H18O2. The molecule has 2 fully saturated rings. The molecule has 2 nitrogen and oxygen atoms in total. The second kappa shape index (κ2) is 2.24. The molecule has 70 valence electrons. The predicted molar refractivity (Wildman–Crippen MR) is 46.6 cm³/mol. The average Bonchev–Trinajstić information content (AvgIpc) is 2.36. The van der Waals surface area contributed by atoms with Gasteiger partial charge >= 0.3 is 0 Å². The van der Waals surface area contributed by atoms with Crippen LogP contribution in [0.25, 0.3) is 0 Å². The molecule has 0 aromatic carbocycles. The fraction of sp³-hybridized carbons (Fsp3) is 1.00. The average molecular weight is 170 g/mol. The van der Waals surface area contributed by atoms with Gasteiger partial charge in [0.1, 0.15) is 0 Å². The summed E-state index contributed by atoms with van der Waals surface area (Å²) in [5, 5.41) is 19.2. The fourth-order valence-corrected chi connectivity index (χ4v) is 3.41. The Labute approximate surface area is 73.6 Å². The highest BCUT2D eigenvalue weighted by atomic mass is 16.3. The SMILES string of the molecule is CC1(C)[C@H]2CC[C@@]1(CO)[C@@H](O)C2. The van der Waals surface area contributed by atoms with E-state index in [4.69, 9.17) is 0 Å². The van der Waals surface area contributed by atoms with Crippen LogP contribution in [0.15, 0.2) is 0 Å². The summed E-state index contributed by atoms with van der Waals surface area (Å²) in [5.41, 5.74) is -0.0428. The van der Waals surface area contributed by atoms with Crippen LogP contribution in [0.3, 0.4) is 0 Å². The molecule has 0 saturated heterocycles. The maximum Gasteiger partial charge on any atom is 0.0626 e. The minimum Gasteiger partial charge on any atom is -0.396 e. The van der Waals surface area contributed by atoms with E-state index in [1.807, 2.05) is 0 Å². The van der Waals surface area contributed by atoms with E-state index in [1.54, 1.807) is 0 Å². The van der Waals surface area contributed by atoms with Crippen LogP contribution in [0.2, 0.25) is 0 Å². The second-order valence-electron chi connectivity index (χ2n) is 5.02. The Kier molecular flexibility index (Phi) is 1.59. The number of aliphatic hydroxyl groups excluding tert-OH is 2. The van der Waals surface area contributed by atoms with Crippen LogP contribution < -0.4 is 0 Å². The molecule has 2 N–H and O–H groups in total. The molecule has 2 aliphatic rings. The Balaban J connectivity index is 2.39. The highest BCUT2D eigenvalue weighted by Gasteiger charge is 2.63. The van der Waals surface area contributed by atoms with Crippen LogP contribution in [-0.2, 0) is 0 Å². The predicted octanol–water partition coefficient (Wildman–Crippen LogP) is 1.17. The van der Waals surface area contributed by atoms with E-state index in [1.165, 1.54) is 6.42 Å². The molecule has 0 spiro atoms. The van der Waals surface area contributed by atoms with Crippen molar-refractivity contribution >= 4 is 0 Å². The third kappa shape index (κ3) is 0.686.